The van der Waals surface area contributed by atoms with E-state index in [1.165, 1.54) is 12.0 Å². The maximum atomic E-state index is 4.47. The summed E-state index contributed by atoms with van der Waals surface area (Å²) < 4.78 is 0. The van der Waals surface area contributed by atoms with Gasteiger partial charge in [0.05, 0.1) is 5.69 Å². The van der Waals surface area contributed by atoms with Crippen LogP contribution < -0.4 is 0 Å². The Morgan fingerprint density at radius 3 is 2.86 bits per heavy atom. The summed E-state index contributed by atoms with van der Waals surface area (Å²) in [6.45, 7) is 6.28. The summed E-state index contributed by atoms with van der Waals surface area (Å²) in [4.78, 5) is 8.88. The smallest absolute Gasteiger partial charge is 0.126 e. The molecule has 1 aliphatic carbocycles. The fraction of sp³-hybridized carbons (Fsp3) is 0.500. The van der Waals surface area contributed by atoms with Gasteiger partial charge in [-0.25, -0.2) is 9.97 Å². The fourth-order valence-corrected chi connectivity index (χ4v) is 1.93. The Kier molecular flexibility index (Phi) is 2.36. The highest BCUT2D eigenvalue weighted by Gasteiger charge is 2.12. The Hall–Kier alpha value is -1.18. The number of rotatable bonds is 0. The summed E-state index contributed by atoms with van der Waals surface area (Å²) in [7, 11) is 0. The largest absolute Gasteiger partial charge is 0.238 e. The molecule has 0 radical (unpaired) electrons. The topological polar surface area (TPSA) is 25.8 Å². The minimum Gasteiger partial charge on any atom is -0.238 e. The average Bonchev–Trinajstić information content (AvgIpc) is 2.28. The molecule has 0 saturated carbocycles. The van der Waals surface area contributed by atoms with Crippen molar-refractivity contribution in [2.75, 3.05) is 0 Å². The van der Waals surface area contributed by atoms with Crippen LogP contribution in [0.5, 0.6) is 0 Å². The zero-order chi connectivity index (χ0) is 10.1. The Morgan fingerprint density at radius 2 is 2.07 bits per heavy atom. The molecule has 1 heterocycles. The van der Waals surface area contributed by atoms with E-state index in [-0.39, 0.29) is 0 Å². The predicted octanol–water partition coefficient (Wildman–Crippen LogP) is 2.69. The van der Waals surface area contributed by atoms with Crippen molar-refractivity contribution in [2.24, 2.45) is 5.92 Å². The molecule has 1 aromatic rings. The lowest BCUT2D eigenvalue weighted by Crippen LogP contribution is -2.02. The van der Waals surface area contributed by atoms with Crippen LogP contribution in [-0.2, 0) is 6.42 Å². The van der Waals surface area contributed by atoms with Gasteiger partial charge in [-0.05, 0) is 44.2 Å². The number of allylic oxidation sites excluding steroid dienone is 1. The van der Waals surface area contributed by atoms with Gasteiger partial charge in [-0.2, -0.15) is 0 Å². The van der Waals surface area contributed by atoms with Crippen molar-refractivity contribution in [1.82, 2.24) is 9.97 Å². The predicted molar refractivity (Wildman–Crippen MR) is 58.0 cm³/mol. The first-order chi connectivity index (χ1) is 6.66. The van der Waals surface area contributed by atoms with E-state index in [0.717, 1.165) is 23.6 Å². The molecule has 0 amide bonds. The van der Waals surface area contributed by atoms with Gasteiger partial charge in [-0.1, -0.05) is 13.0 Å². The van der Waals surface area contributed by atoms with Gasteiger partial charge in [0, 0.05) is 5.69 Å². The summed E-state index contributed by atoms with van der Waals surface area (Å²) in [5.74, 6) is 1.53. The Bertz CT molecular complexity index is 380. The monoisotopic (exact) mass is 188 g/mol. The number of fused-ring (bicyclic) bond motifs is 1. The van der Waals surface area contributed by atoms with E-state index in [2.05, 4.69) is 36.0 Å². The molecular formula is C12H16N2. The van der Waals surface area contributed by atoms with Gasteiger partial charge in [0.1, 0.15) is 5.82 Å². The Balaban J connectivity index is 2.51. The molecule has 0 aliphatic heterocycles. The molecule has 0 N–H and O–H groups in total. The van der Waals surface area contributed by atoms with Crippen LogP contribution in [0.3, 0.4) is 0 Å². The summed E-state index contributed by atoms with van der Waals surface area (Å²) >= 11 is 0. The third-order valence-electron chi connectivity index (χ3n) is 2.79. The van der Waals surface area contributed by atoms with Crippen molar-refractivity contribution in [1.29, 1.82) is 0 Å². The maximum Gasteiger partial charge on any atom is 0.126 e. The van der Waals surface area contributed by atoms with Crippen LogP contribution in [0.4, 0.5) is 0 Å². The van der Waals surface area contributed by atoms with E-state index in [0.29, 0.717) is 5.92 Å². The fourth-order valence-electron chi connectivity index (χ4n) is 1.93. The summed E-state index contributed by atoms with van der Waals surface area (Å²) in [6.07, 6.45) is 6.71. The van der Waals surface area contributed by atoms with Gasteiger partial charge in [0.25, 0.3) is 0 Å². The average molecular weight is 188 g/mol. The molecule has 1 atom stereocenters. The number of aromatic nitrogens is 2. The first-order valence-corrected chi connectivity index (χ1v) is 5.19. The maximum absolute atomic E-state index is 4.47. The van der Waals surface area contributed by atoms with Crippen LogP contribution in [0.2, 0.25) is 0 Å². The van der Waals surface area contributed by atoms with Gasteiger partial charge < -0.3 is 0 Å². The van der Waals surface area contributed by atoms with E-state index < -0.39 is 0 Å². The molecule has 0 fully saturated rings. The van der Waals surface area contributed by atoms with Gasteiger partial charge >= 0.3 is 0 Å². The van der Waals surface area contributed by atoms with Crippen molar-refractivity contribution < 1.29 is 0 Å². The minimum absolute atomic E-state index is 0.656. The van der Waals surface area contributed by atoms with Crippen LogP contribution >= 0.6 is 0 Å². The Labute approximate surface area is 85.1 Å². The molecule has 74 valence electrons. The lowest BCUT2D eigenvalue weighted by atomic mass is 10.0. The molecule has 2 rings (SSSR count). The molecule has 1 aliphatic rings. The lowest BCUT2D eigenvalue weighted by Gasteiger charge is -2.07. The second-order valence-electron chi connectivity index (χ2n) is 4.10. The zero-order valence-electron chi connectivity index (χ0n) is 9.04. The first kappa shape index (κ1) is 9.38. The molecule has 1 unspecified atom stereocenters. The van der Waals surface area contributed by atoms with Crippen molar-refractivity contribution in [3.05, 3.63) is 28.9 Å². The van der Waals surface area contributed by atoms with Crippen molar-refractivity contribution in [3.63, 3.8) is 0 Å². The normalized spacial score (nSPS) is 20.4. The standard InChI is InChI=1S/C12H16N2/c1-8-4-6-11-9(2)13-10(3)14-12(11)7-5-8/h5,7-8H,4,6H2,1-3H3. The SMILES string of the molecule is Cc1nc(C)c2c(n1)C=CC(C)CC2. The molecular weight excluding hydrogens is 172 g/mol. The number of hydrogen-bond donors (Lipinski definition) is 0. The van der Waals surface area contributed by atoms with Crippen molar-refractivity contribution in [3.8, 4) is 0 Å². The summed E-state index contributed by atoms with van der Waals surface area (Å²) in [5, 5.41) is 0. The zero-order valence-corrected chi connectivity index (χ0v) is 9.04. The van der Waals surface area contributed by atoms with Crippen molar-refractivity contribution in [2.45, 2.75) is 33.6 Å². The number of nitrogens with zero attached hydrogens (tertiary/aromatic N) is 2. The van der Waals surface area contributed by atoms with Crippen LogP contribution in [0.15, 0.2) is 6.08 Å². The minimum atomic E-state index is 0.656. The van der Waals surface area contributed by atoms with E-state index >= 15 is 0 Å². The second kappa shape index (κ2) is 3.52. The van der Waals surface area contributed by atoms with E-state index in [9.17, 15) is 0 Å². The molecule has 0 saturated heterocycles. The molecule has 0 spiro atoms. The van der Waals surface area contributed by atoms with Gasteiger partial charge in [-0.15, -0.1) is 0 Å². The van der Waals surface area contributed by atoms with Gasteiger partial charge in [-0.3, -0.25) is 0 Å². The van der Waals surface area contributed by atoms with Crippen LogP contribution in [0.25, 0.3) is 6.08 Å². The van der Waals surface area contributed by atoms with Gasteiger partial charge in [0.2, 0.25) is 0 Å². The first-order valence-electron chi connectivity index (χ1n) is 5.19. The van der Waals surface area contributed by atoms with E-state index in [1.807, 2.05) is 6.92 Å². The summed E-state index contributed by atoms with van der Waals surface area (Å²) in [5.41, 5.74) is 3.60. The quantitative estimate of drug-likeness (QED) is 0.625. The molecule has 0 aromatic carbocycles. The molecule has 0 bridgehead atoms. The third kappa shape index (κ3) is 1.69. The van der Waals surface area contributed by atoms with E-state index in [4.69, 9.17) is 0 Å². The highest BCUT2D eigenvalue weighted by Crippen LogP contribution is 2.22. The highest BCUT2D eigenvalue weighted by molar-refractivity contribution is 5.52. The third-order valence-corrected chi connectivity index (χ3v) is 2.79. The number of hydrogen-bond acceptors (Lipinski definition) is 2. The second-order valence-corrected chi connectivity index (χ2v) is 4.10. The summed E-state index contributed by atoms with van der Waals surface area (Å²) in [6, 6.07) is 0. The number of aryl methyl sites for hydroxylation is 2. The Morgan fingerprint density at radius 1 is 1.29 bits per heavy atom. The van der Waals surface area contributed by atoms with Gasteiger partial charge in [0.15, 0.2) is 0 Å². The molecule has 14 heavy (non-hydrogen) atoms. The molecule has 2 nitrogen and oxygen atoms in total. The van der Waals surface area contributed by atoms with Crippen LogP contribution in [-0.4, -0.2) is 9.97 Å². The van der Waals surface area contributed by atoms with Crippen molar-refractivity contribution >= 4 is 6.08 Å². The lowest BCUT2D eigenvalue weighted by molar-refractivity contribution is 0.650. The highest BCUT2D eigenvalue weighted by atomic mass is 14.9. The van der Waals surface area contributed by atoms with E-state index in [1.54, 1.807) is 0 Å². The molecule has 2 heteroatoms. The van der Waals surface area contributed by atoms with Crippen LogP contribution in [0, 0.1) is 19.8 Å². The van der Waals surface area contributed by atoms with Crippen LogP contribution in [0.1, 0.15) is 36.1 Å². The molecule has 1 aromatic heterocycles.